The minimum absolute atomic E-state index is 0. The molecule has 2 N–H and O–H groups in total. The van der Waals surface area contributed by atoms with E-state index in [0.717, 1.165) is 50.0 Å². The van der Waals surface area contributed by atoms with Crippen LogP contribution in [0.2, 0.25) is 0 Å². The average molecular weight is 484 g/mol. The molecule has 2 aromatic rings. The van der Waals surface area contributed by atoms with Gasteiger partial charge in [0.2, 0.25) is 0 Å². The van der Waals surface area contributed by atoms with E-state index in [-0.39, 0.29) is 24.0 Å². The number of guanidine groups is 1. The van der Waals surface area contributed by atoms with E-state index >= 15 is 0 Å². The van der Waals surface area contributed by atoms with Crippen molar-refractivity contribution in [2.24, 2.45) is 12.0 Å². The lowest BCUT2D eigenvalue weighted by atomic mass is 10.0. The van der Waals surface area contributed by atoms with E-state index in [1.807, 2.05) is 18.5 Å². The number of hydrogen-bond acceptors (Lipinski definition) is 3. The van der Waals surface area contributed by atoms with Crippen molar-refractivity contribution >= 4 is 29.9 Å². The first-order valence-electron chi connectivity index (χ1n) is 9.45. The minimum Gasteiger partial charge on any atom is -0.356 e. The molecule has 0 spiro atoms. The molecule has 0 atom stereocenters. The van der Waals surface area contributed by atoms with Crippen LogP contribution in [0.4, 0.5) is 0 Å². The van der Waals surface area contributed by atoms with Gasteiger partial charge in [0, 0.05) is 20.1 Å². The third kappa shape index (κ3) is 7.12. The van der Waals surface area contributed by atoms with E-state index < -0.39 is 0 Å². The van der Waals surface area contributed by atoms with Gasteiger partial charge in [-0.25, -0.2) is 4.99 Å². The van der Waals surface area contributed by atoms with Crippen LogP contribution in [0.5, 0.6) is 0 Å². The molecule has 0 aliphatic rings. The number of aryl methyl sites for hydroxylation is 3. The van der Waals surface area contributed by atoms with Gasteiger partial charge in [-0.3, -0.25) is 0 Å². The van der Waals surface area contributed by atoms with Gasteiger partial charge < -0.3 is 15.2 Å². The highest BCUT2D eigenvalue weighted by Crippen LogP contribution is 2.13. The van der Waals surface area contributed by atoms with Gasteiger partial charge in [-0.2, -0.15) is 0 Å². The Balaban J connectivity index is 0.00000364. The van der Waals surface area contributed by atoms with Crippen molar-refractivity contribution in [3.8, 4) is 0 Å². The van der Waals surface area contributed by atoms with Crippen LogP contribution in [0.3, 0.4) is 0 Å². The van der Waals surface area contributed by atoms with Crippen LogP contribution in [0.25, 0.3) is 0 Å². The summed E-state index contributed by atoms with van der Waals surface area (Å²) in [6.45, 7) is 10.8. The van der Waals surface area contributed by atoms with Gasteiger partial charge in [-0.15, -0.1) is 34.2 Å². The molecule has 1 aromatic heterocycles. The van der Waals surface area contributed by atoms with Gasteiger partial charge in [0.25, 0.3) is 0 Å². The van der Waals surface area contributed by atoms with E-state index in [1.165, 1.54) is 16.7 Å². The number of halogens is 1. The SMILES string of the molecule is CCCCNC(=NCc1nnc(C)n1C)NCCc1c(C)cccc1C.I. The van der Waals surface area contributed by atoms with Crippen molar-refractivity contribution in [3.05, 3.63) is 46.5 Å². The summed E-state index contributed by atoms with van der Waals surface area (Å²) >= 11 is 0. The molecule has 0 saturated carbocycles. The molecule has 0 saturated heterocycles. The average Bonchev–Trinajstić information content (AvgIpc) is 2.93. The van der Waals surface area contributed by atoms with Gasteiger partial charge in [0.05, 0.1) is 0 Å². The second-order valence-corrected chi connectivity index (χ2v) is 6.71. The maximum Gasteiger partial charge on any atom is 0.191 e. The van der Waals surface area contributed by atoms with Gasteiger partial charge in [-0.05, 0) is 50.3 Å². The molecule has 1 aromatic carbocycles. The maximum atomic E-state index is 4.69. The number of unbranched alkanes of at least 4 members (excludes halogenated alkanes) is 1. The normalized spacial score (nSPS) is 11.2. The first kappa shape index (κ1) is 23.4. The van der Waals surface area contributed by atoms with Crippen molar-refractivity contribution in [1.29, 1.82) is 0 Å². The van der Waals surface area contributed by atoms with E-state index in [1.54, 1.807) is 0 Å². The number of nitrogens with one attached hydrogen (secondary N) is 2. The van der Waals surface area contributed by atoms with Gasteiger partial charge >= 0.3 is 0 Å². The number of aliphatic imine (C=N–C) groups is 1. The minimum atomic E-state index is 0. The number of hydrogen-bond donors (Lipinski definition) is 2. The summed E-state index contributed by atoms with van der Waals surface area (Å²) in [5.41, 5.74) is 4.11. The Hall–Kier alpha value is -1.64. The van der Waals surface area contributed by atoms with Crippen molar-refractivity contribution in [3.63, 3.8) is 0 Å². The highest BCUT2D eigenvalue weighted by atomic mass is 127. The number of aromatic nitrogens is 3. The molecule has 7 heteroatoms. The summed E-state index contributed by atoms with van der Waals surface area (Å²) < 4.78 is 1.98. The molecule has 0 unspecified atom stereocenters. The largest absolute Gasteiger partial charge is 0.356 e. The Morgan fingerprint density at radius 2 is 1.74 bits per heavy atom. The molecule has 27 heavy (non-hydrogen) atoms. The lowest BCUT2D eigenvalue weighted by Gasteiger charge is -2.14. The van der Waals surface area contributed by atoms with Crippen LogP contribution in [0.15, 0.2) is 23.2 Å². The fraction of sp³-hybridized carbons (Fsp3) is 0.550. The number of benzene rings is 1. The summed E-state index contributed by atoms with van der Waals surface area (Å²) in [4.78, 5) is 4.69. The fourth-order valence-electron chi connectivity index (χ4n) is 2.85. The van der Waals surface area contributed by atoms with Gasteiger partial charge in [0.15, 0.2) is 11.8 Å². The first-order chi connectivity index (χ1) is 12.5. The lowest BCUT2D eigenvalue weighted by molar-refractivity contribution is 0.713. The lowest BCUT2D eigenvalue weighted by Crippen LogP contribution is -2.39. The fourth-order valence-corrected chi connectivity index (χ4v) is 2.85. The summed E-state index contributed by atoms with van der Waals surface area (Å²) in [7, 11) is 1.97. The molecule has 0 aliphatic carbocycles. The predicted octanol–water partition coefficient (Wildman–Crippen LogP) is 3.44. The number of nitrogens with zero attached hydrogens (tertiary/aromatic N) is 4. The molecule has 150 valence electrons. The monoisotopic (exact) mass is 484 g/mol. The van der Waals surface area contributed by atoms with Crippen LogP contribution < -0.4 is 10.6 Å². The molecular formula is C20H33IN6. The van der Waals surface area contributed by atoms with Crippen molar-refractivity contribution < 1.29 is 0 Å². The summed E-state index contributed by atoms with van der Waals surface area (Å²) in [5.74, 6) is 2.61. The molecule has 1 heterocycles. The van der Waals surface area contributed by atoms with Crippen molar-refractivity contribution in [2.45, 2.75) is 53.5 Å². The number of rotatable bonds is 8. The second-order valence-electron chi connectivity index (χ2n) is 6.71. The van der Waals surface area contributed by atoms with Crippen molar-refractivity contribution in [2.75, 3.05) is 13.1 Å². The summed E-state index contributed by atoms with van der Waals surface area (Å²) in [6, 6.07) is 6.46. The van der Waals surface area contributed by atoms with Crippen LogP contribution in [0.1, 0.15) is 48.1 Å². The van der Waals surface area contributed by atoms with E-state index in [2.05, 4.69) is 64.8 Å². The summed E-state index contributed by atoms with van der Waals surface area (Å²) in [6.07, 6.45) is 3.27. The van der Waals surface area contributed by atoms with E-state index in [4.69, 9.17) is 0 Å². The Labute approximate surface area is 180 Å². The Morgan fingerprint density at radius 3 is 2.33 bits per heavy atom. The van der Waals surface area contributed by atoms with Gasteiger partial charge in [0.1, 0.15) is 12.4 Å². The predicted molar refractivity (Wildman–Crippen MR) is 123 cm³/mol. The van der Waals surface area contributed by atoms with Crippen LogP contribution in [-0.2, 0) is 20.0 Å². The molecule has 0 bridgehead atoms. The third-order valence-electron chi connectivity index (χ3n) is 4.70. The Kier molecular flexibility index (Phi) is 10.4. The highest BCUT2D eigenvalue weighted by Gasteiger charge is 2.06. The third-order valence-corrected chi connectivity index (χ3v) is 4.70. The Morgan fingerprint density at radius 1 is 1.07 bits per heavy atom. The molecule has 0 radical (unpaired) electrons. The van der Waals surface area contributed by atoms with Crippen molar-refractivity contribution in [1.82, 2.24) is 25.4 Å². The standard InChI is InChI=1S/C20H32N6.HI/c1-6-7-12-21-20(23-14-19-25-24-17(4)26(19)5)22-13-11-18-15(2)9-8-10-16(18)3;/h8-10H,6-7,11-14H2,1-5H3,(H2,21,22,23);1H. The smallest absolute Gasteiger partial charge is 0.191 e. The molecule has 0 aliphatic heterocycles. The zero-order chi connectivity index (χ0) is 18.9. The zero-order valence-corrected chi connectivity index (χ0v) is 19.5. The van der Waals surface area contributed by atoms with Gasteiger partial charge in [-0.1, -0.05) is 31.5 Å². The Bertz CT molecular complexity index is 718. The molecule has 6 nitrogen and oxygen atoms in total. The molecule has 0 amide bonds. The first-order valence-corrected chi connectivity index (χ1v) is 9.45. The zero-order valence-electron chi connectivity index (χ0n) is 17.2. The second kappa shape index (κ2) is 11.9. The van der Waals surface area contributed by atoms with Crippen LogP contribution >= 0.6 is 24.0 Å². The van der Waals surface area contributed by atoms with E-state index in [9.17, 15) is 0 Å². The van der Waals surface area contributed by atoms with E-state index in [0.29, 0.717) is 6.54 Å². The van der Waals surface area contributed by atoms with Crippen LogP contribution in [0, 0.1) is 20.8 Å². The topological polar surface area (TPSA) is 67.1 Å². The summed E-state index contributed by atoms with van der Waals surface area (Å²) in [5, 5.41) is 15.2. The highest BCUT2D eigenvalue weighted by molar-refractivity contribution is 14.0. The quantitative estimate of drug-likeness (QED) is 0.261. The van der Waals surface area contributed by atoms with Crippen LogP contribution in [-0.4, -0.2) is 33.8 Å². The maximum absolute atomic E-state index is 4.69. The molecule has 0 fully saturated rings. The molecule has 2 rings (SSSR count). The molecular weight excluding hydrogens is 451 g/mol.